The molecule has 26 heavy (non-hydrogen) atoms. The molecular weight excluding hydrogens is 370 g/mol. The van der Waals surface area contributed by atoms with Crippen LogP contribution in [0.3, 0.4) is 0 Å². The van der Waals surface area contributed by atoms with Gasteiger partial charge in [-0.15, -0.1) is 0 Å². The minimum Gasteiger partial charge on any atom is -0.330 e. The number of aryl methyl sites for hydroxylation is 1. The average Bonchev–Trinajstić information content (AvgIpc) is 2.99. The fourth-order valence-corrected chi connectivity index (χ4v) is 5.63. The van der Waals surface area contributed by atoms with Crippen molar-refractivity contribution in [3.05, 3.63) is 59.4 Å². The number of benzene rings is 2. The standard InChI is InChI=1S/C19H20ClN3O2S/c1-22-17-10-3-2-9-16(17)21-19(22)18-11-4-5-12-23(18)26(24,25)15-8-6-7-14(20)13-15/h2-3,6-10,13,18H,4-5,11-12H2,1H3/t18-/m1/s1. The van der Waals surface area contributed by atoms with Gasteiger partial charge in [0.2, 0.25) is 10.0 Å². The van der Waals surface area contributed by atoms with E-state index in [1.165, 1.54) is 6.07 Å². The molecule has 0 unspecified atom stereocenters. The van der Waals surface area contributed by atoms with E-state index in [1.807, 2.05) is 35.9 Å². The molecular formula is C19H20ClN3O2S. The van der Waals surface area contributed by atoms with Crippen molar-refractivity contribution in [2.75, 3.05) is 6.54 Å². The summed E-state index contributed by atoms with van der Waals surface area (Å²) >= 11 is 6.02. The van der Waals surface area contributed by atoms with Gasteiger partial charge in [0.05, 0.1) is 22.0 Å². The Morgan fingerprint density at radius 3 is 2.69 bits per heavy atom. The molecule has 7 heteroatoms. The van der Waals surface area contributed by atoms with Gasteiger partial charge in [0.1, 0.15) is 5.82 Å². The fourth-order valence-electron chi connectivity index (χ4n) is 3.68. The number of aromatic nitrogens is 2. The summed E-state index contributed by atoms with van der Waals surface area (Å²) in [4.78, 5) is 4.97. The van der Waals surface area contributed by atoms with Crippen LogP contribution in [-0.4, -0.2) is 28.8 Å². The SMILES string of the molecule is Cn1c([C@H]2CCCCN2S(=O)(=O)c2cccc(Cl)c2)nc2ccccc21. The number of fused-ring (bicyclic) bond motifs is 1. The monoisotopic (exact) mass is 389 g/mol. The van der Waals surface area contributed by atoms with Gasteiger partial charge in [0.15, 0.2) is 0 Å². The minimum atomic E-state index is -3.64. The summed E-state index contributed by atoms with van der Waals surface area (Å²) in [7, 11) is -1.69. The predicted octanol–water partition coefficient (Wildman–Crippen LogP) is 4.14. The van der Waals surface area contributed by atoms with Crippen molar-refractivity contribution in [1.82, 2.24) is 13.9 Å². The van der Waals surface area contributed by atoms with Gasteiger partial charge in [-0.2, -0.15) is 4.31 Å². The van der Waals surface area contributed by atoms with Crippen LogP contribution in [0.5, 0.6) is 0 Å². The second-order valence-corrected chi connectivity index (χ2v) is 8.93. The number of para-hydroxylation sites is 2. The minimum absolute atomic E-state index is 0.232. The highest BCUT2D eigenvalue weighted by Gasteiger charge is 2.36. The zero-order chi connectivity index (χ0) is 18.3. The summed E-state index contributed by atoms with van der Waals surface area (Å²) in [5.74, 6) is 0.788. The molecule has 2 aromatic carbocycles. The molecule has 0 saturated carbocycles. The van der Waals surface area contributed by atoms with E-state index in [2.05, 4.69) is 0 Å². The van der Waals surface area contributed by atoms with E-state index in [0.29, 0.717) is 11.6 Å². The van der Waals surface area contributed by atoms with E-state index in [4.69, 9.17) is 16.6 Å². The van der Waals surface area contributed by atoms with Crippen LogP contribution in [0, 0.1) is 0 Å². The Hall–Kier alpha value is -1.89. The molecule has 0 N–H and O–H groups in total. The lowest BCUT2D eigenvalue weighted by Crippen LogP contribution is -2.39. The number of imidazole rings is 1. The van der Waals surface area contributed by atoms with Gasteiger partial charge in [-0.25, -0.2) is 13.4 Å². The normalized spacial score (nSPS) is 19.1. The van der Waals surface area contributed by atoms with Crippen molar-refractivity contribution in [2.45, 2.75) is 30.2 Å². The summed E-state index contributed by atoms with van der Waals surface area (Å²) in [5, 5.41) is 0.419. The molecule has 3 aromatic rings. The summed E-state index contributed by atoms with van der Waals surface area (Å²) in [6.07, 6.45) is 2.59. The molecule has 1 aromatic heterocycles. The molecule has 0 aliphatic carbocycles. The lowest BCUT2D eigenvalue weighted by Gasteiger charge is -2.34. The van der Waals surface area contributed by atoms with E-state index in [9.17, 15) is 8.42 Å². The maximum absolute atomic E-state index is 13.3. The molecule has 2 heterocycles. The van der Waals surface area contributed by atoms with Crippen LogP contribution in [0.4, 0.5) is 0 Å². The van der Waals surface area contributed by atoms with Gasteiger partial charge in [-0.3, -0.25) is 0 Å². The molecule has 1 aliphatic rings. The zero-order valence-corrected chi connectivity index (χ0v) is 16.0. The topological polar surface area (TPSA) is 55.2 Å². The molecule has 1 fully saturated rings. The summed E-state index contributed by atoms with van der Waals surface area (Å²) in [5.41, 5.74) is 1.89. The number of sulfonamides is 1. The predicted molar refractivity (Wildman–Crippen MR) is 103 cm³/mol. The van der Waals surface area contributed by atoms with Crippen molar-refractivity contribution >= 4 is 32.7 Å². The first-order valence-electron chi connectivity index (χ1n) is 8.67. The van der Waals surface area contributed by atoms with Crippen LogP contribution in [0.1, 0.15) is 31.1 Å². The van der Waals surface area contributed by atoms with Crippen LogP contribution in [0.2, 0.25) is 5.02 Å². The molecule has 0 radical (unpaired) electrons. The van der Waals surface area contributed by atoms with E-state index in [0.717, 1.165) is 36.1 Å². The van der Waals surface area contributed by atoms with Gasteiger partial charge in [-0.1, -0.05) is 36.2 Å². The summed E-state index contributed by atoms with van der Waals surface area (Å²) in [6.45, 7) is 0.489. The van der Waals surface area contributed by atoms with Crippen molar-refractivity contribution < 1.29 is 8.42 Å². The molecule has 136 valence electrons. The maximum Gasteiger partial charge on any atom is 0.243 e. The van der Waals surface area contributed by atoms with Crippen LogP contribution >= 0.6 is 11.6 Å². The molecule has 1 saturated heterocycles. The first-order chi connectivity index (χ1) is 12.5. The van der Waals surface area contributed by atoms with E-state index >= 15 is 0 Å². The third kappa shape index (κ3) is 2.92. The molecule has 1 atom stereocenters. The first kappa shape index (κ1) is 17.5. The Bertz CT molecular complexity index is 1060. The molecule has 0 bridgehead atoms. The third-order valence-electron chi connectivity index (χ3n) is 4.98. The van der Waals surface area contributed by atoms with Gasteiger partial charge >= 0.3 is 0 Å². The summed E-state index contributed by atoms with van der Waals surface area (Å²) in [6, 6.07) is 14.1. The highest BCUT2D eigenvalue weighted by atomic mass is 35.5. The maximum atomic E-state index is 13.3. The van der Waals surface area contributed by atoms with Crippen molar-refractivity contribution in [1.29, 1.82) is 0 Å². The second kappa shape index (κ2) is 6.68. The lowest BCUT2D eigenvalue weighted by molar-refractivity contribution is 0.243. The number of hydrogen-bond acceptors (Lipinski definition) is 3. The number of hydrogen-bond donors (Lipinski definition) is 0. The van der Waals surface area contributed by atoms with E-state index < -0.39 is 10.0 Å². The van der Waals surface area contributed by atoms with E-state index in [-0.39, 0.29) is 10.9 Å². The van der Waals surface area contributed by atoms with Crippen LogP contribution in [-0.2, 0) is 17.1 Å². The largest absolute Gasteiger partial charge is 0.330 e. The number of rotatable bonds is 3. The second-order valence-electron chi connectivity index (χ2n) is 6.60. The Labute approximate surface area is 158 Å². The van der Waals surface area contributed by atoms with E-state index in [1.54, 1.807) is 22.5 Å². The van der Waals surface area contributed by atoms with Crippen LogP contribution in [0.25, 0.3) is 11.0 Å². The van der Waals surface area contributed by atoms with Gasteiger partial charge in [-0.05, 0) is 43.2 Å². The van der Waals surface area contributed by atoms with Crippen molar-refractivity contribution in [3.63, 3.8) is 0 Å². The molecule has 4 rings (SSSR count). The average molecular weight is 390 g/mol. The van der Waals surface area contributed by atoms with Crippen molar-refractivity contribution in [3.8, 4) is 0 Å². The summed E-state index contributed by atoms with van der Waals surface area (Å²) < 4.78 is 30.2. The quantitative estimate of drug-likeness (QED) is 0.676. The lowest BCUT2D eigenvalue weighted by atomic mass is 10.0. The molecule has 0 spiro atoms. The van der Waals surface area contributed by atoms with Gasteiger partial charge < -0.3 is 4.57 Å². The zero-order valence-electron chi connectivity index (χ0n) is 14.5. The Morgan fingerprint density at radius 2 is 1.92 bits per heavy atom. The Morgan fingerprint density at radius 1 is 1.12 bits per heavy atom. The Balaban J connectivity index is 1.80. The van der Waals surface area contributed by atoms with Crippen LogP contribution < -0.4 is 0 Å². The number of piperidine rings is 1. The number of halogens is 1. The molecule has 5 nitrogen and oxygen atoms in total. The molecule has 0 amide bonds. The molecule has 1 aliphatic heterocycles. The smallest absolute Gasteiger partial charge is 0.243 e. The Kier molecular flexibility index (Phi) is 4.50. The first-order valence-corrected chi connectivity index (χ1v) is 10.5. The highest BCUT2D eigenvalue weighted by Crippen LogP contribution is 2.36. The van der Waals surface area contributed by atoms with Gasteiger partial charge in [0.25, 0.3) is 0 Å². The van der Waals surface area contributed by atoms with Gasteiger partial charge in [0, 0.05) is 18.6 Å². The highest BCUT2D eigenvalue weighted by molar-refractivity contribution is 7.89. The fraction of sp³-hybridized carbons (Fsp3) is 0.316. The number of nitrogens with zero attached hydrogens (tertiary/aromatic N) is 3. The van der Waals surface area contributed by atoms with Crippen LogP contribution in [0.15, 0.2) is 53.4 Å². The van der Waals surface area contributed by atoms with Crippen molar-refractivity contribution in [2.24, 2.45) is 7.05 Å². The third-order valence-corrected chi connectivity index (χ3v) is 7.12.